The van der Waals surface area contributed by atoms with Crippen molar-refractivity contribution in [2.45, 2.75) is 45.7 Å². The highest BCUT2D eigenvalue weighted by Crippen LogP contribution is 2.18. The Morgan fingerprint density at radius 1 is 1.37 bits per heavy atom. The molecule has 2 rings (SSSR count). The van der Waals surface area contributed by atoms with Crippen molar-refractivity contribution in [1.82, 2.24) is 14.8 Å². The molecule has 0 saturated carbocycles. The van der Waals surface area contributed by atoms with Gasteiger partial charge in [-0.25, -0.2) is 0 Å². The van der Waals surface area contributed by atoms with Crippen LogP contribution in [0.1, 0.15) is 38.8 Å². The van der Waals surface area contributed by atoms with Crippen LogP contribution >= 0.6 is 0 Å². The first kappa shape index (κ1) is 14.5. The monoisotopic (exact) mass is 261 g/mol. The van der Waals surface area contributed by atoms with E-state index < -0.39 is 0 Å². The number of hydrogen-bond acceptors (Lipinski definition) is 3. The van der Waals surface area contributed by atoms with Gasteiger partial charge in [0, 0.05) is 25.3 Å². The van der Waals surface area contributed by atoms with Gasteiger partial charge < -0.3 is 0 Å². The number of likely N-dealkylation sites (tertiary alicyclic amines) is 1. The minimum atomic E-state index is 0.750. The maximum Gasteiger partial charge on any atom is 0.0543 e. The Balaban J connectivity index is 1.92. The van der Waals surface area contributed by atoms with Crippen LogP contribution < -0.4 is 0 Å². The number of pyridine rings is 1. The van der Waals surface area contributed by atoms with Crippen molar-refractivity contribution in [1.29, 1.82) is 0 Å². The number of aromatic nitrogens is 1. The summed E-state index contributed by atoms with van der Waals surface area (Å²) in [4.78, 5) is 9.66. The Labute approximate surface area is 117 Å². The summed E-state index contributed by atoms with van der Waals surface area (Å²) in [5, 5.41) is 0. The second-order valence-corrected chi connectivity index (χ2v) is 5.48. The van der Waals surface area contributed by atoms with Crippen LogP contribution in [-0.4, -0.2) is 47.0 Å². The summed E-state index contributed by atoms with van der Waals surface area (Å²) in [7, 11) is 0. The van der Waals surface area contributed by atoms with Crippen LogP contribution in [0.25, 0.3) is 0 Å². The summed E-state index contributed by atoms with van der Waals surface area (Å²) in [6.07, 6.45) is 5.83. The molecule has 0 unspecified atom stereocenters. The highest BCUT2D eigenvalue weighted by atomic mass is 15.2. The van der Waals surface area contributed by atoms with Gasteiger partial charge in [0.25, 0.3) is 0 Å². The first-order valence-electron chi connectivity index (χ1n) is 7.69. The van der Waals surface area contributed by atoms with E-state index in [-0.39, 0.29) is 0 Å². The molecule has 1 fully saturated rings. The predicted molar refractivity (Wildman–Crippen MR) is 80.1 cm³/mol. The fourth-order valence-corrected chi connectivity index (χ4v) is 3.09. The Morgan fingerprint density at radius 3 is 2.95 bits per heavy atom. The van der Waals surface area contributed by atoms with E-state index in [2.05, 4.69) is 40.8 Å². The highest BCUT2D eigenvalue weighted by Gasteiger charge is 2.24. The minimum Gasteiger partial charge on any atom is -0.299 e. The van der Waals surface area contributed by atoms with E-state index in [9.17, 15) is 0 Å². The first-order chi connectivity index (χ1) is 9.33. The van der Waals surface area contributed by atoms with E-state index in [1.54, 1.807) is 0 Å². The van der Waals surface area contributed by atoms with Crippen LogP contribution in [0.3, 0.4) is 0 Å². The van der Waals surface area contributed by atoms with Gasteiger partial charge in [-0.3, -0.25) is 14.8 Å². The van der Waals surface area contributed by atoms with Gasteiger partial charge >= 0.3 is 0 Å². The molecule has 1 aromatic rings. The minimum absolute atomic E-state index is 0.750. The number of hydrogen-bond donors (Lipinski definition) is 0. The van der Waals surface area contributed by atoms with Gasteiger partial charge in [-0.1, -0.05) is 19.9 Å². The van der Waals surface area contributed by atoms with E-state index in [0.717, 1.165) is 12.6 Å². The molecule has 3 heteroatoms. The molecule has 1 atom stereocenters. The van der Waals surface area contributed by atoms with Gasteiger partial charge in [0.2, 0.25) is 0 Å². The molecule has 1 aliphatic rings. The lowest BCUT2D eigenvalue weighted by atomic mass is 10.2. The van der Waals surface area contributed by atoms with Crippen LogP contribution in [-0.2, 0) is 6.54 Å². The number of likely N-dealkylation sites (N-methyl/N-ethyl adjacent to an activating group) is 1. The second kappa shape index (κ2) is 7.61. The lowest BCUT2D eigenvalue weighted by Gasteiger charge is -2.29. The molecule has 19 heavy (non-hydrogen) atoms. The largest absolute Gasteiger partial charge is 0.299 e. The van der Waals surface area contributed by atoms with Crippen LogP contribution in [0.4, 0.5) is 0 Å². The average molecular weight is 261 g/mol. The summed E-state index contributed by atoms with van der Waals surface area (Å²) in [6, 6.07) is 6.96. The molecular formula is C16H27N3. The normalized spacial score (nSPS) is 20.3. The Kier molecular flexibility index (Phi) is 5.80. The van der Waals surface area contributed by atoms with Crippen molar-refractivity contribution in [3.63, 3.8) is 0 Å². The summed E-state index contributed by atoms with van der Waals surface area (Å²) < 4.78 is 0. The Morgan fingerprint density at radius 2 is 2.26 bits per heavy atom. The van der Waals surface area contributed by atoms with Crippen molar-refractivity contribution in [2.75, 3.05) is 26.2 Å². The van der Waals surface area contributed by atoms with E-state index in [1.165, 1.54) is 51.1 Å². The molecule has 106 valence electrons. The summed E-state index contributed by atoms with van der Waals surface area (Å²) in [5.41, 5.74) is 1.19. The van der Waals surface area contributed by atoms with Gasteiger partial charge in [0.15, 0.2) is 0 Å². The molecular weight excluding hydrogens is 234 g/mol. The van der Waals surface area contributed by atoms with Crippen molar-refractivity contribution in [3.8, 4) is 0 Å². The maximum atomic E-state index is 4.46. The molecule has 0 aromatic carbocycles. The zero-order valence-electron chi connectivity index (χ0n) is 12.4. The number of nitrogens with zero attached hydrogens (tertiary/aromatic N) is 3. The molecule has 1 saturated heterocycles. The molecule has 3 nitrogen and oxygen atoms in total. The van der Waals surface area contributed by atoms with Crippen LogP contribution in [0.5, 0.6) is 0 Å². The van der Waals surface area contributed by atoms with Gasteiger partial charge in [0.05, 0.1) is 5.69 Å². The van der Waals surface area contributed by atoms with Crippen LogP contribution in [0, 0.1) is 0 Å². The molecule has 0 bridgehead atoms. The maximum absolute atomic E-state index is 4.46. The van der Waals surface area contributed by atoms with Gasteiger partial charge in [0.1, 0.15) is 0 Å². The molecule has 0 spiro atoms. The fraction of sp³-hybridized carbons (Fsp3) is 0.688. The van der Waals surface area contributed by atoms with Gasteiger partial charge in [-0.2, -0.15) is 0 Å². The van der Waals surface area contributed by atoms with E-state index in [4.69, 9.17) is 0 Å². The van der Waals surface area contributed by atoms with Crippen molar-refractivity contribution >= 4 is 0 Å². The topological polar surface area (TPSA) is 19.4 Å². The molecule has 1 aliphatic heterocycles. The standard InChI is InChI=1S/C16H27N3/c1-3-11-18(13-15-8-5-6-10-17-15)14-16-9-7-12-19(16)4-2/h5-6,8,10,16H,3-4,7,9,11-14H2,1-2H3/t16-/m0/s1. The van der Waals surface area contributed by atoms with E-state index >= 15 is 0 Å². The van der Waals surface area contributed by atoms with Crippen molar-refractivity contribution in [3.05, 3.63) is 30.1 Å². The lowest BCUT2D eigenvalue weighted by Crippen LogP contribution is -2.40. The van der Waals surface area contributed by atoms with E-state index in [1.807, 2.05) is 12.3 Å². The first-order valence-corrected chi connectivity index (χ1v) is 7.69. The van der Waals surface area contributed by atoms with Crippen LogP contribution in [0.15, 0.2) is 24.4 Å². The van der Waals surface area contributed by atoms with Gasteiger partial charge in [-0.05, 0) is 51.0 Å². The number of rotatable bonds is 7. The zero-order valence-corrected chi connectivity index (χ0v) is 12.4. The van der Waals surface area contributed by atoms with Crippen LogP contribution in [0.2, 0.25) is 0 Å². The zero-order chi connectivity index (χ0) is 13.5. The predicted octanol–water partition coefficient (Wildman–Crippen LogP) is 2.78. The molecule has 2 heterocycles. The molecule has 1 aromatic heterocycles. The quantitative estimate of drug-likeness (QED) is 0.752. The Bertz CT molecular complexity index is 352. The summed E-state index contributed by atoms with van der Waals surface area (Å²) in [6.45, 7) is 10.4. The molecule has 0 N–H and O–H groups in total. The molecule has 0 aliphatic carbocycles. The SMILES string of the molecule is CCCN(Cc1ccccn1)C[C@@H]1CCCN1CC. The van der Waals surface area contributed by atoms with Crippen molar-refractivity contribution in [2.24, 2.45) is 0 Å². The molecule has 0 amide bonds. The Hall–Kier alpha value is -0.930. The average Bonchev–Trinajstić information content (AvgIpc) is 2.87. The smallest absolute Gasteiger partial charge is 0.0543 e. The summed E-state index contributed by atoms with van der Waals surface area (Å²) >= 11 is 0. The third kappa shape index (κ3) is 4.29. The second-order valence-electron chi connectivity index (χ2n) is 5.48. The lowest BCUT2D eigenvalue weighted by molar-refractivity contribution is 0.170. The highest BCUT2D eigenvalue weighted by molar-refractivity contribution is 5.03. The summed E-state index contributed by atoms with van der Waals surface area (Å²) in [5.74, 6) is 0. The molecule has 0 radical (unpaired) electrons. The fourth-order valence-electron chi connectivity index (χ4n) is 3.09. The van der Waals surface area contributed by atoms with Crippen molar-refractivity contribution < 1.29 is 0 Å². The van der Waals surface area contributed by atoms with Gasteiger partial charge in [-0.15, -0.1) is 0 Å². The van der Waals surface area contributed by atoms with E-state index in [0.29, 0.717) is 0 Å². The third-order valence-corrected chi connectivity index (χ3v) is 4.03. The third-order valence-electron chi connectivity index (χ3n) is 4.03.